The van der Waals surface area contributed by atoms with Gasteiger partial charge in [-0.15, -0.1) is 13.2 Å². The Kier molecular flexibility index (Phi) is 5.87. The zero-order valence-electron chi connectivity index (χ0n) is 12.7. The minimum Gasteiger partial charge on any atom is -0.481 e. The van der Waals surface area contributed by atoms with E-state index in [1.54, 1.807) is 12.1 Å². The fraction of sp³-hybridized carbons (Fsp3) is 0.562. The molecule has 1 saturated heterocycles. The molecule has 1 unspecified atom stereocenters. The van der Waals surface area contributed by atoms with Crippen LogP contribution in [0.4, 0.5) is 13.2 Å². The van der Waals surface area contributed by atoms with Gasteiger partial charge in [0.1, 0.15) is 5.75 Å². The van der Waals surface area contributed by atoms with Crippen molar-refractivity contribution in [3.8, 4) is 5.75 Å². The van der Waals surface area contributed by atoms with Crippen LogP contribution in [-0.4, -0.2) is 35.4 Å². The number of hydrogen-bond donors (Lipinski definition) is 1. The van der Waals surface area contributed by atoms with E-state index in [4.69, 9.17) is 5.11 Å². The van der Waals surface area contributed by atoms with Gasteiger partial charge in [0, 0.05) is 12.5 Å². The summed E-state index contributed by atoms with van der Waals surface area (Å²) in [5.41, 5.74) is 0.822. The maximum atomic E-state index is 12.2. The molecule has 0 bridgehead atoms. The third kappa shape index (κ3) is 5.74. The van der Waals surface area contributed by atoms with Gasteiger partial charge < -0.3 is 9.84 Å². The Labute approximate surface area is 132 Å². The number of nitrogens with zero attached hydrogens (tertiary/aromatic N) is 1. The highest BCUT2D eigenvalue weighted by molar-refractivity contribution is 5.66. The molecular formula is C16H20F3NO3. The molecule has 0 aliphatic carbocycles. The van der Waals surface area contributed by atoms with Crippen LogP contribution in [0.25, 0.3) is 0 Å². The molecule has 0 aromatic heterocycles. The Morgan fingerprint density at radius 2 is 1.78 bits per heavy atom. The Morgan fingerprint density at radius 1 is 1.17 bits per heavy atom. The SMILES string of the molecule is O=C(O)CCC(c1ccc(OC(F)(F)F)cc1)N1CCCCC1. The Bertz CT molecular complexity index is 510. The first-order valence-corrected chi connectivity index (χ1v) is 7.67. The van der Waals surface area contributed by atoms with Gasteiger partial charge >= 0.3 is 12.3 Å². The molecule has 1 N–H and O–H groups in total. The summed E-state index contributed by atoms with van der Waals surface area (Å²) in [7, 11) is 0. The third-order valence-electron chi connectivity index (χ3n) is 3.96. The molecule has 0 amide bonds. The summed E-state index contributed by atoms with van der Waals surface area (Å²) < 4.78 is 40.5. The number of alkyl halides is 3. The minimum absolute atomic E-state index is 0.0297. The van der Waals surface area contributed by atoms with Gasteiger partial charge in [-0.05, 0) is 50.0 Å². The lowest BCUT2D eigenvalue weighted by molar-refractivity contribution is -0.274. The standard InChI is InChI=1S/C16H20F3NO3/c17-16(18,19)23-13-6-4-12(5-7-13)14(8-9-15(21)22)20-10-2-1-3-11-20/h4-7,14H,1-3,8-11H2,(H,21,22). The average molecular weight is 331 g/mol. The first-order valence-electron chi connectivity index (χ1n) is 7.67. The second-order valence-electron chi connectivity index (χ2n) is 5.66. The Balaban J connectivity index is 2.11. The fourth-order valence-corrected chi connectivity index (χ4v) is 2.94. The number of benzene rings is 1. The maximum Gasteiger partial charge on any atom is 0.573 e. The van der Waals surface area contributed by atoms with E-state index >= 15 is 0 Å². The lowest BCUT2D eigenvalue weighted by Crippen LogP contribution is -2.34. The van der Waals surface area contributed by atoms with Crippen molar-refractivity contribution in [2.45, 2.75) is 44.5 Å². The van der Waals surface area contributed by atoms with Crippen LogP contribution in [0.3, 0.4) is 0 Å². The number of halogens is 3. The number of hydrogen-bond acceptors (Lipinski definition) is 3. The van der Waals surface area contributed by atoms with Gasteiger partial charge in [-0.1, -0.05) is 18.6 Å². The molecule has 7 heteroatoms. The largest absolute Gasteiger partial charge is 0.573 e. The molecule has 2 rings (SSSR count). The summed E-state index contributed by atoms with van der Waals surface area (Å²) in [5.74, 6) is -1.14. The van der Waals surface area contributed by atoms with Crippen LogP contribution >= 0.6 is 0 Å². The van der Waals surface area contributed by atoms with Gasteiger partial charge in [0.05, 0.1) is 0 Å². The van der Waals surface area contributed by atoms with Crippen LogP contribution in [0.2, 0.25) is 0 Å². The van der Waals surface area contributed by atoms with E-state index < -0.39 is 12.3 Å². The van der Waals surface area contributed by atoms with Gasteiger partial charge in [0.25, 0.3) is 0 Å². The molecule has 128 valence electrons. The number of piperidine rings is 1. The summed E-state index contributed by atoms with van der Waals surface area (Å²) in [5, 5.41) is 8.92. The summed E-state index contributed by atoms with van der Waals surface area (Å²) in [6, 6.07) is 5.64. The normalized spacial score (nSPS) is 17.7. The number of aliphatic carboxylic acids is 1. The summed E-state index contributed by atoms with van der Waals surface area (Å²) in [6.45, 7) is 1.76. The van der Waals surface area contributed by atoms with E-state index in [0.29, 0.717) is 6.42 Å². The van der Waals surface area contributed by atoms with Gasteiger partial charge in [-0.2, -0.15) is 0 Å². The molecule has 1 aromatic rings. The second-order valence-corrected chi connectivity index (χ2v) is 5.66. The van der Waals surface area contributed by atoms with Gasteiger partial charge in [0.15, 0.2) is 0 Å². The van der Waals surface area contributed by atoms with Crippen molar-refractivity contribution in [2.24, 2.45) is 0 Å². The molecule has 1 aliphatic rings. The molecule has 1 aromatic carbocycles. The monoisotopic (exact) mass is 331 g/mol. The molecule has 0 radical (unpaired) electrons. The molecular weight excluding hydrogens is 311 g/mol. The summed E-state index contributed by atoms with van der Waals surface area (Å²) >= 11 is 0. The van der Waals surface area contributed by atoms with E-state index in [-0.39, 0.29) is 18.2 Å². The highest BCUT2D eigenvalue weighted by atomic mass is 19.4. The maximum absolute atomic E-state index is 12.2. The smallest absolute Gasteiger partial charge is 0.481 e. The highest BCUT2D eigenvalue weighted by Gasteiger charge is 2.31. The minimum atomic E-state index is -4.71. The second kappa shape index (κ2) is 7.68. The molecule has 1 heterocycles. The topological polar surface area (TPSA) is 49.8 Å². The van der Waals surface area contributed by atoms with Crippen LogP contribution in [0, 0.1) is 0 Å². The quantitative estimate of drug-likeness (QED) is 0.857. The zero-order chi connectivity index (χ0) is 16.9. The van der Waals surface area contributed by atoms with Gasteiger partial charge in [0.2, 0.25) is 0 Å². The molecule has 4 nitrogen and oxygen atoms in total. The van der Waals surface area contributed by atoms with Crippen LogP contribution in [0.5, 0.6) is 5.75 Å². The van der Waals surface area contributed by atoms with E-state index in [1.165, 1.54) is 12.1 Å². The third-order valence-corrected chi connectivity index (χ3v) is 3.96. The van der Waals surface area contributed by atoms with Crippen molar-refractivity contribution < 1.29 is 27.8 Å². The van der Waals surface area contributed by atoms with Crippen molar-refractivity contribution in [3.05, 3.63) is 29.8 Å². The summed E-state index contributed by atoms with van der Waals surface area (Å²) in [6.07, 6.45) is -0.980. The predicted molar refractivity (Wildman–Crippen MR) is 78.2 cm³/mol. The Hall–Kier alpha value is -1.76. The fourth-order valence-electron chi connectivity index (χ4n) is 2.94. The molecule has 1 aliphatic heterocycles. The number of rotatable bonds is 6. The van der Waals surface area contributed by atoms with Crippen LogP contribution < -0.4 is 4.74 Å². The molecule has 1 fully saturated rings. The number of carbonyl (C=O) groups is 1. The number of carboxylic acids is 1. The first-order chi connectivity index (χ1) is 10.8. The van der Waals surface area contributed by atoms with Crippen molar-refractivity contribution in [1.29, 1.82) is 0 Å². The van der Waals surface area contributed by atoms with Crippen molar-refractivity contribution >= 4 is 5.97 Å². The van der Waals surface area contributed by atoms with Crippen molar-refractivity contribution in [1.82, 2.24) is 4.90 Å². The van der Waals surface area contributed by atoms with Gasteiger partial charge in [-0.25, -0.2) is 0 Å². The lowest BCUT2D eigenvalue weighted by Gasteiger charge is -2.34. The van der Waals surface area contributed by atoms with Crippen LogP contribution in [0.1, 0.15) is 43.7 Å². The number of likely N-dealkylation sites (tertiary alicyclic amines) is 1. The number of carboxylic acid groups (broad SMARTS) is 1. The first kappa shape index (κ1) is 17.6. The van der Waals surface area contributed by atoms with Crippen LogP contribution in [0.15, 0.2) is 24.3 Å². The molecule has 0 saturated carbocycles. The predicted octanol–water partition coefficient (Wildman–Crippen LogP) is 3.98. The van der Waals surface area contributed by atoms with E-state index in [1.807, 2.05) is 0 Å². The van der Waals surface area contributed by atoms with Crippen molar-refractivity contribution in [3.63, 3.8) is 0 Å². The average Bonchev–Trinajstić information content (AvgIpc) is 2.48. The highest BCUT2D eigenvalue weighted by Crippen LogP contribution is 2.31. The number of ether oxygens (including phenoxy) is 1. The Morgan fingerprint density at radius 3 is 2.30 bits per heavy atom. The molecule has 23 heavy (non-hydrogen) atoms. The summed E-state index contributed by atoms with van der Waals surface area (Å²) in [4.78, 5) is 13.1. The van der Waals surface area contributed by atoms with E-state index in [0.717, 1.165) is 37.9 Å². The molecule has 0 spiro atoms. The van der Waals surface area contributed by atoms with Crippen molar-refractivity contribution in [2.75, 3.05) is 13.1 Å². The molecule has 1 atom stereocenters. The van der Waals surface area contributed by atoms with Gasteiger partial charge in [-0.3, -0.25) is 9.69 Å². The van der Waals surface area contributed by atoms with E-state index in [9.17, 15) is 18.0 Å². The van der Waals surface area contributed by atoms with Crippen LogP contribution in [-0.2, 0) is 4.79 Å². The van der Waals surface area contributed by atoms with E-state index in [2.05, 4.69) is 9.64 Å². The zero-order valence-corrected chi connectivity index (χ0v) is 12.7. The lowest BCUT2D eigenvalue weighted by atomic mass is 9.97.